The summed E-state index contributed by atoms with van der Waals surface area (Å²) in [4.78, 5) is 27.6. The molecule has 0 bridgehead atoms. The second-order valence-electron chi connectivity index (χ2n) is 6.53. The zero-order chi connectivity index (χ0) is 19.3. The molecule has 1 aromatic carbocycles. The molecule has 0 spiro atoms. The lowest BCUT2D eigenvalue weighted by Gasteiger charge is -2.18. The first kappa shape index (κ1) is 18.7. The average molecular weight is 410 g/mol. The van der Waals surface area contributed by atoms with Gasteiger partial charge in [-0.15, -0.1) is 22.7 Å². The van der Waals surface area contributed by atoms with E-state index >= 15 is 0 Å². The summed E-state index contributed by atoms with van der Waals surface area (Å²) in [5.41, 5.74) is 1.12. The maximum absolute atomic E-state index is 13.1. The second kappa shape index (κ2) is 8.54. The minimum Gasteiger partial charge on any atom is -0.444 e. The van der Waals surface area contributed by atoms with Crippen molar-refractivity contribution in [2.75, 3.05) is 0 Å². The van der Waals surface area contributed by atoms with Crippen LogP contribution >= 0.6 is 22.7 Å². The molecule has 1 amide bonds. The minimum absolute atomic E-state index is 0.191. The van der Waals surface area contributed by atoms with Crippen LogP contribution in [0.4, 0.5) is 0 Å². The van der Waals surface area contributed by atoms with E-state index in [0.29, 0.717) is 11.1 Å². The van der Waals surface area contributed by atoms with Crippen LogP contribution < -0.4 is 5.32 Å². The number of benzene rings is 1. The number of thiophene rings is 2. The summed E-state index contributed by atoms with van der Waals surface area (Å²) in [7, 11) is 0. The van der Waals surface area contributed by atoms with Crippen LogP contribution in [0.15, 0.2) is 65.4 Å². The SMILES string of the molecule is O=C(O[C@@H](C(=O)NC1CC1)c1ccccc1)/C(=C/c1cccs1)c1cccs1. The predicted molar refractivity (Wildman–Crippen MR) is 113 cm³/mol. The molecule has 2 aromatic heterocycles. The van der Waals surface area contributed by atoms with Gasteiger partial charge in [0.15, 0.2) is 0 Å². The van der Waals surface area contributed by atoms with E-state index in [1.807, 2.05) is 59.3 Å². The molecule has 3 aromatic rings. The van der Waals surface area contributed by atoms with E-state index in [0.717, 1.165) is 22.6 Å². The summed E-state index contributed by atoms with van der Waals surface area (Å²) in [6.07, 6.45) is 2.79. The van der Waals surface area contributed by atoms with Crippen LogP contribution in [0.2, 0.25) is 0 Å². The monoisotopic (exact) mass is 409 g/mol. The Morgan fingerprint density at radius 2 is 1.75 bits per heavy atom. The van der Waals surface area contributed by atoms with E-state index in [4.69, 9.17) is 4.74 Å². The van der Waals surface area contributed by atoms with Crippen LogP contribution in [0, 0.1) is 0 Å². The smallest absolute Gasteiger partial charge is 0.340 e. The zero-order valence-electron chi connectivity index (χ0n) is 15.0. The van der Waals surface area contributed by atoms with E-state index in [9.17, 15) is 9.59 Å². The van der Waals surface area contributed by atoms with Gasteiger partial charge in [0.2, 0.25) is 6.10 Å². The Kier molecular flexibility index (Phi) is 5.69. The van der Waals surface area contributed by atoms with Crippen molar-refractivity contribution in [2.45, 2.75) is 25.0 Å². The van der Waals surface area contributed by atoms with Crippen molar-refractivity contribution in [2.24, 2.45) is 0 Å². The topological polar surface area (TPSA) is 55.4 Å². The van der Waals surface area contributed by atoms with E-state index in [-0.39, 0.29) is 11.9 Å². The highest BCUT2D eigenvalue weighted by Gasteiger charge is 2.31. The van der Waals surface area contributed by atoms with Crippen LogP contribution in [0.3, 0.4) is 0 Å². The molecule has 2 heterocycles. The molecule has 1 aliphatic carbocycles. The second-order valence-corrected chi connectivity index (χ2v) is 8.46. The molecule has 1 N–H and O–H groups in total. The van der Waals surface area contributed by atoms with Gasteiger partial charge in [-0.25, -0.2) is 4.79 Å². The van der Waals surface area contributed by atoms with Crippen LogP contribution in [-0.4, -0.2) is 17.9 Å². The largest absolute Gasteiger partial charge is 0.444 e. The van der Waals surface area contributed by atoms with Crippen molar-refractivity contribution in [3.05, 3.63) is 80.7 Å². The Hall–Kier alpha value is -2.70. The number of ether oxygens (including phenoxy) is 1. The molecule has 1 fully saturated rings. The summed E-state index contributed by atoms with van der Waals surface area (Å²) >= 11 is 3.01. The molecular formula is C22H19NO3S2. The Morgan fingerprint density at radius 1 is 1.00 bits per heavy atom. The number of hydrogen-bond acceptors (Lipinski definition) is 5. The third-order valence-corrected chi connectivity index (χ3v) is 6.05. The Labute approximate surface area is 171 Å². The highest BCUT2D eigenvalue weighted by atomic mass is 32.1. The van der Waals surface area contributed by atoms with Gasteiger partial charge in [-0.3, -0.25) is 4.79 Å². The lowest BCUT2D eigenvalue weighted by molar-refractivity contribution is -0.151. The minimum atomic E-state index is -0.971. The predicted octanol–water partition coefficient (Wildman–Crippen LogP) is 4.91. The number of amides is 1. The number of carbonyl (C=O) groups is 2. The third kappa shape index (κ3) is 4.58. The molecule has 0 unspecified atom stereocenters. The van der Waals surface area contributed by atoms with Gasteiger partial charge in [0.05, 0.1) is 5.57 Å². The van der Waals surface area contributed by atoms with E-state index in [1.54, 1.807) is 23.5 Å². The Bertz CT molecular complexity index is 959. The van der Waals surface area contributed by atoms with Crippen LogP contribution in [0.5, 0.6) is 0 Å². The van der Waals surface area contributed by atoms with E-state index < -0.39 is 12.1 Å². The van der Waals surface area contributed by atoms with Gasteiger partial charge >= 0.3 is 5.97 Å². The van der Waals surface area contributed by atoms with E-state index in [2.05, 4.69) is 5.32 Å². The highest BCUT2D eigenvalue weighted by Crippen LogP contribution is 2.29. The fraction of sp³-hybridized carbons (Fsp3) is 0.182. The summed E-state index contributed by atoms with van der Waals surface area (Å²) < 4.78 is 5.75. The number of nitrogens with one attached hydrogen (secondary N) is 1. The maximum Gasteiger partial charge on any atom is 0.340 e. The van der Waals surface area contributed by atoms with Crippen LogP contribution in [-0.2, 0) is 14.3 Å². The molecule has 4 rings (SSSR count). The summed E-state index contributed by atoms with van der Waals surface area (Å²) in [6.45, 7) is 0. The third-order valence-electron chi connectivity index (χ3n) is 4.33. The highest BCUT2D eigenvalue weighted by molar-refractivity contribution is 7.12. The molecule has 142 valence electrons. The first-order valence-corrected chi connectivity index (χ1v) is 10.8. The normalized spacial score (nSPS) is 15.1. The Balaban J connectivity index is 1.62. The molecule has 0 aliphatic heterocycles. The van der Waals surface area contributed by atoms with Gasteiger partial charge < -0.3 is 10.1 Å². The van der Waals surface area contributed by atoms with Crippen molar-refractivity contribution in [1.29, 1.82) is 0 Å². The van der Waals surface area contributed by atoms with Gasteiger partial charge in [-0.1, -0.05) is 42.5 Å². The summed E-state index contributed by atoms with van der Waals surface area (Å²) in [5.74, 6) is -0.778. The first-order chi connectivity index (χ1) is 13.7. The van der Waals surface area contributed by atoms with Crippen LogP contribution in [0.1, 0.15) is 34.3 Å². The molecule has 1 atom stereocenters. The van der Waals surface area contributed by atoms with Gasteiger partial charge in [-0.2, -0.15) is 0 Å². The molecule has 1 saturated carbocycles. The lowest BCUT2D eigenvalue weighted by Crippen LogP contribution is -2.33. The fourth-order valence-corrected chi connectivity index (χ4v) is 4.14. The Morgan fingerprint density at radius 3 is 2.39 bits per heavy atom. The van der Waals surface area contributed by atoms with E-state index in [1.165, 1.54) is 11.3 Å². The molecule has 0 saturated heterocycles. The number of hydrogen-bond donors (Lipinski definition) is 1. The summed E-state index contributed by atoms with van der Waals surface area (Å²) in [5, 5.41) is 6.82. The van der Waals surface area contributed by atoms with Crippen LogP contribution in [0.25, 0.3) is 11.6 Å². The molecular weight excluding hydrogens is 390 g/mol. The molecule has 1 aliphatic rings. The fourth-order valence-electron chi connectivity index (χ4n) is 2.75. The standard InChI is InChI=1S/C22H19NO3S2/c24-21(23-16-10-11-16)20(15-6-2-1-3-7-15)26-22(25)18(19-9-5-13-28-19)14-17-8-4-12-27-17/h1-9,12-14,16,20H,10-11H2,(H,23,24)/b18-14+/t20-/m1/s1. The van der Waals surface area contributed by atoms with Gasteiger partial charge in [-0.05, 0) is 41.8 Å². The van der Waals surface area contributed by atoms with Gasteiger partial charge in [0.1, 0.15) is 0 Å². The molecule has 4 nitrogen and oxygen atoms in total. The van der Waals surface area contributed by atoms with Crippen molar-refractivity contribution < 1.29 is 14.3 Å². The number of rotatable bonds is 7. The number of esters is 1. The van der Waals surface area contributed by atoms with Crippen molar-refractivity contribution >= 4 is 46.2 Å². The van der Waals surface area contributed by atoms with Gasteiger partial charge in [0, 0.05) is 21.4 Å². The molecule has 0 radical (unpaired) electrons. The van der Waals surface area contributed by atoms with Gasteiger partial charge in [0.25, 0.3) is 5.91 Å². The summed E-state index contributed by atoms with van der Waals surface area (Å²) in [6, 6.07) is 17.0. The zero-order valence-corrected chi connectivity index (χ0v) is 16.7. The first-order valence-electron chi connectivity index (χ1n) is 9.06. The van der Waals surface area contributed by atoms with Crippen molar-refractivity contribution in [1.82, 2.24) is 5.32 Å². The van der Waals surface area contributed by atoms with Crippen molar-refractivity contribution in [3.63, 3.8) is 0 Å². The quantitative estimate of drug-likeness (QED) is 0.445. The molecule has 28 heavy (non-hydrogen) atoms. The lowest BCUT2D eigenvalue weighted by atomic mass is 10.1. The van der Waals surface area contributed by atoms with Crippen molar-refractivity contribution in [3.8, 4) is 0 Å². The molecule has 6 heteroatoms. The average Bonchev–Trinajstić information content (AvgIpc) is 3.15. The maximum atomic E-state index is 13.1. The number of carbonyl (C=O) groups excluding carboxylic acids is 2.